The monoisotopic (exact) mass is 375 g/mol. The minimum atomic E-state index is -0.947. The highest BCUT2D eigenvalue weighted by molar-refractivity contribution is 6.10. The average Bonchev–Trinajstić information content (AvgIpc) is 3.39. The van der Waals surface area contributed by atoms with Gasteiger partial charge in [0.15, 0.2) is 0 Å². The maximum absolute atomic E-state index is 13.1. The summed E-state index contributed by atoms with van der Waals surface area (Å²) in [7, 11) is 5.59. The van der Waals surface area contributed by atoms with Gasteiger partial charge in [0.05, 0.1) is 45.0 Å². The molecule has 1 spiro atoms. The van der Waals surface area contributed by atoms with Crippen LogP contribution < -0.4 is 9.64 Å². The zero-order valence-electron chi connectivity index (χ0n) is 15.6. The second kappa shape index (κ2) is 7.03. The SMILES string of the molecule is COC(=O)C1=C(C(=O)OC)[C@]2(CO2)C[C@@H]1C(=O)N(C)c1ccc(OC)cc1. The molecule has 144 valence electrons. The Morgan fingerprint density at radius 1 is 1.07 bits per heavy atom. The second-order valence-corrected chi connectivity index (χ2v) is 6.41. The largest absolute Gasteiger partial charge is 0.497 e. The molecule has 0 bridgehead atoms. The van der Waals surface area contributed by atoms with Gasteiger partial charge >= 0.3 is 11.9 Å². The first-order valence-electron chi connectivity index (χ1n) is 8.35. The number of anilines is 1. The highest BCUT2D eigenvalue weighted by atomic mass is 16.6. The molecular formula is C19H21NO7. The van der Waals surface area contributed by atoms with Crippen molar-refractivity contribution in [3.05, 3.63) is 35.4 Å². The van der Waals surface area contributed by atoms with Crippen molar-refractivity contribution < 1.29 is 33.3 Å². The Labute approximate surface area is 156 Å². The van der Waals surface area contributed by atoms with E-state index < -0.39 is 23.5 Å². The Kier molecular flexibility index (Phi) is 4.93. The van der Waals surface area contributed by atoms with E-state index in [0.717, 1.165) is 0 Å². The molecule has 0 unspecified atom stereocenters. The molecular weight excluding hydrogens is 354 g/mol. The van der Waals surface area contributed by atoms with E-state index in [1.54, 1.807) is 38.4 Å². The highest BCUT2D eigenvalue weighted by Crippen LogP contribution is 2.51. The molecule has 1 heterocycles. The number of hydrogen-bond donors (Lipinski definition) is 0. The van der Waals surface area contributed by atoms with Gasteiger partial charge in [0.25, 0.3) is 0 Å². The van der Waals surface area contributed by atoms with E-state index in [0.29, 0.717) is 11.4 Å². The van der Waals surface area contributed by atoms with Crippen molar-refractivity contribution in [3.8, 4) is 5.75 Å². The number of ether oxygens (including phenoxy) is 4. The van der Waals surface area contributed by atoms with Crippen molar-refractivity contribution in [2.45, 2.75) is 12.0 Å². The third kappa shape index (κ3) is 3.16. The van der Waals surface area contributed by atoms with Crippen LogP contribution in [0, 0.1) is 5.92 Å². The van der Waals surface area contributed by atoms with Gasteiger partial charge in [-0.2, -0.15) is 0 Å². The molecule has 27 heavy (non-hydrogen) atoms. The van der Waals surface area contributed by atoms with Crippen LogP contribution in [0.15, 0.2) is 35.4 Å². The fourth-order valence-electron chi connectivity index (χ4n) is 3.43. The van der Waals surface area contributed by atoms with E-state index in [-0.39, 0.29) is 30.1 Å². The van der Waals surface area contributed by atoms with E-state index >= 15 is 0 Å². The summed E-state index contributed by atoms with van der Waals surface area (Å²) in [6.45, 7) is 0.258. The number of esters is 2. The molecule has 2 aliphatic rings. The molecule has 1 aliphatic carbocycles. The zero-order chi connectivity index (χ0) is 19.8. The minimum Gasteiger partial charge on any atom is -0.497 e. The number of nitrogens with zero attached hydrogens (tertiary/aromatic N) is 1. The summed E-state index contributed by atoms with van der Waals surface area (Å²) in [4.78, 5) is 39.2. The zero-order valence-corrected chi connectivity index (χ0v) is 15.6. The smallest absolute Gasteiger partial charge is 0.337 e. The molecule has 8 nitrogen and oxygen atoms in total. The Balaban J connectivity index is 1.96. The van der Waals surface area contributed by atoms with Crippen LogP contribution in [-0.2, 0) is 28.6 Å². The molecule has 0 aromatic heterocycles. The van der Waals surface area contributed by atoms with Crippen LogP contribution in [0.5, 0.6) is 5.75 Å². The molecule has 0 radical (unpaired) electrons. The first-order chi connectivity index (χ1) is 12.9. The molecule has 0 saturated carbocycles. The Morgan fingerprint density at radius 3 is 2.15 bits per heavy atom. The highest BCUT2D eigenvalue weighted by Gasteiger charge is 2.62. The summed E-state index contributed by atoms with van der Waals surface area (Å²) in [5, 5.41) is 0. The number of carbonyl (C=O) groups is 3. The first kappa shape index (κ1) is 18.9. The maximum atomic E-state index is 13.1. The predicted octanol–water partition coefficient (Wildman–Crippen LogP) is 1.09. The van der Waals surface area contributed by atoms with Gasteiger partial charge in [0.1, 0.15) is 11.4 Å². The quantitative estimate of drug-likeness (QED) is 0.562. The number of carbonyl (C=O) groups excluding carboxylic acids is 3. The van der Waals surface area contributed by atoms with Gasteiger partial charge in [0.2, 0.25) is 5.91 Å². The lowest BCUT2D eigenvalue weighted by molar-refractivity contribution is -0.140. The topological polar surface area (TPSA) is 94.7 Å². The van der Waals surface area contributed by atoms with Crippen molar-refractivity contribution in [2.75, 3.05) is 39.9 Å². The van der Waals surface area contributed by atoms with Gasteiger partial charge < -0.3 is 23.8 Å². The summed E-state index contributed by atoms with van der Waals surface area (Å²) >= 11 is 0. The fraction of sp³-hybridized carbons (Fsp3) is 0.421. The number of rotatable bonds is 5. The van der Waals surface area contributed by atoms with Crippen LogP contribution in [0.25, 0.3) is 0 Å². The lowest BCUT2D eigenvalue weighted by Gasteiger charge is -2.22. The van der Waals surface area contributed by atoms with E-state index in [2.05, 4.69) is 0 Å². The van der Waals surface area contributed by atoms with Crippen LogP contribution >= 0.6 is 0 Å². The average molecular weight is 375 g/mol. The lowest BCUT2D eigenvalue weighted by atomic mass is 9.97. The number of amides is 1. The predicted molar refractivity (Wildman–Crippen MR) is 94.3 cm³/mol. The second-order valence-electron chi connectivity index (χ2n) is 6.41. The Hall–Kier alpha value is -2.87. The van der Waals surface area contributed by atoms with E-state index in [4.69, 9.17) is 18.9 Å². The summed E-state index contributed by atoms with van der Waals surface area (Å²) in [6, 6.07) is 6.93. The standard InChI is InChI=1S/C19H21NO7/c1-20(11-5-7-12(24-2)8-6-11)16(21)13-9-19(10-27-19)15(18(23)26-4)14(13)17(22)25-3/h5-8,13H,9-10H2,1-4H3/t13-,19+/m0/s1. The molecule has 1 aromatic rings. The van der Waals surface area contributed by atoms with Crippen LogP contribution in [0.3, 0.4) is 0 Å². The minimum absolute atomic E-state index is 0.00668. The maximum Gasteiger partial charge on any atom is 0.337 e. The third-order valence-electron chi connectivity index (χ3n) is 4.98. The molecule has 1 fully saturated rings. The summed E-state index contributed by atoms with van der Waals surface area (Å²) in [5.74, 6) is -1.95. The molecule has 8 heteroatoms. The van der Waals surface area contributed by atoms with Crippen molar-refractivity contribution >= 4 is 23.5 Å². The molecule has 1 aliphatic heterocycles. The van der Waals surface area contributed by atoms with Crippen LogP contribution in [-0.4, -0.2) is 58.4 Å². The molecule has 0 N–H and O–H groups in total. The number of hydrogen-bond acceptors (Lipinski definition) is 7. The van der Waals surface area contributed by atoms with Crippen molar-refractivity contribution in [1.29, 1.82) is 0 Å². The summed E-state index contributed by atoms with van der Waals surface area (Å²) in [5.41, 5.74) is -0.231. The van der Waals surface area contributed by atoms with E-state index in [1.807, 2.05) is 0 Å². The third-order valence-corrected chi connectivity index (χ3v) is 4.98. The Bertz CT molecular complexity index is 808. The molecule has 2 atom stereocenters. The van der Waals surface area contributed by atoms with Gasteiger partial charge in [-0.1, -0.05) is 0 Å². The van der Waals surface area contributed by atoms with Crippen molar-refractivity contribution in [1.82, 2.24) is 0 Å². The van der Waals surface area contributed by atoms with Gasteiger partial charge in [0, 0.05) is 12.7 Å². The Morgan fingerprint density at radius 2 is 1.67 bits per heavy atom. The number of benzene rings is 1. The van der Waals surface area contributed by atoms with Crippen LogP contribution in [0.1, 0.15) is 6.42 Å². The van der Waals surface area contributed by atoms with Crippen molar-refractivity contribution in [3.63, 3.8) is 0 Å². The van der Waals surface area contributed by atoms with E-state index in [9.17, 15) is 14.4 Å². The van der Waals surface area contributed by atoms with Crippen LogP contribution in [0.2, 0.25) is 0 Å². The summed E-state index contributed by atoms with van der Waals surface area (Å²) < 4.78 is 20.2. The van der Waals surface area contributed by atoms with Crippen molar-refractivity contribution in [2.24, 2.45) is 5.92 Å². The van der Waals surface area contributed by atoms with Crippen LogP contribution in [0.4, 0.5) is 5.69 Å². The summed E-state index contributed by atoms with van der Waals surface area (Å²) in [6.07, 6.45) is 0.196. The van der Waals surface area contributed by atoms with Gasteiger partial charge in [-0.25, -0.2) is 9.59 Å². The van der Waals surface area contributed by atoms with Gasteiger partial charge in [-0.15, -0.1) is 0 Å². The normalized spacial score (nSPS) is 23.2. The van der Waals surface area contributed by atoms with E-state index in [1.165, 1.54) is 19.1 Å². The fourth-order valence-corrected chi connectivity index (χ4v) is 3.43. The van der Waals surface area contributed by atoms with Gasteiger partial charge in [-0.05, 0) is 30.7 Å². The number of epoxide rings is 1. The molecule has 1 amide bonds. The number of methoxy groups -OCH3 is 3. The van der Waals surface area contributed by atoms with Gasteiger partial charge in [-0.3, -0.25) is 4.79 Å². The molecule has 1 saturated heterocycles. The first-order valence-corrected chi connectivity index (χ1v) is 8.35. The molecule has 3 rings (SSSR count). The molecule has 1 aromatic carbocycles. The lowest BCUT2D eigenvalue weighted by Crippen LogP contribution is -2.35.